The van der Waals surface area contributed by atoms with Crippen molar-refractivity contribution in [3.8, 4) is 23.3 Å². The highest BCUT2D eigenvalue weighted by Crippen LogP contribution is 2.34. The van der Waals surface area contributed by atoms with E-state index in [1.807, 2.05) is 13.0 Å². The first-order valence-electron chi connectivity index (χ1n) is 6.14. The van der Waals surface area contributed by atoms with E-state index in [-0.39, 0.29) is 6.61 Å². The summed E-state index contributed by atoms with van der Waals surface area (Å²) in [5.74, 6) is 1.51. The van der Waals surface area contributed by atoms with E-state index in [9.17, 15) is 0 Å². The first-order chi connectivity index (χ1) is 9.67. The zero-order valence-corrected chi connectivity index (χ0v) is 11.4. The number of ether oxygens (including phenoxy) is 2. The van der Waals surface area contributed by atoms with Crippen LogP contribution in [-0.2, 0) is 6.61 Å². The fourth-order valence-electron chi connectivity index (χ4n) is 1.82. The fraction of sp³-hybridized carbons (Fsp3) is 0.188. The molecule has 4 heteroatoms. The second-order valence-corrected chi connectivity index (χ2v) is 4.36. The third-order valence-corrected chi connectivity index (χ3v) is 2.89. The summed E-state index contributed by atoms with van der Waals surface area (Å²) in [6.45, 7) is 1.87. The van der Waals surface area contributed by atoms with Crippen LogP contribution in [0.15, 0.2) is 36.4 Å². The SMILES string of the molecule is COc1cc(CO)ccc1Oc1cc(C)ccc1C#N. The van der Waals surface area contributed by atoms with Crippen LogP contribution < -0.4 is 9.47 Å². The summed E-state index contributed by atoms with van der Waals surface area (Å²) in [5.41, 5.74) is 2.20. The van der Waals surface area contributed by atoms with E-state index in [1.165, 1.54) is 7.11 Å². The average Bonchev–Trinajstić information content (AvgIpc) is 2.48. The van der Waals surface area contributed by atoms with Crippen molar-refractivity contribution < 1.29 is 14.6 Å². The highest BCUT2D eigenvalue weighted by atomic mass is 16.5. The molecule has 1 N–H and O–H groups in total. The van der Waals surface area contributed by atoms with Gasteiger partial charge in [0.05, 0.1) is 19.3 Å². The Bertz CT molecular complexity index is 659. The van der Waals surface area contributed by atoms with E-state index in [4.69, 9.17) is 19.8 Å². The molecule has 0 aromatic heterocycles. The molecule has 0 fully saturated rings. The lowest BCUT2D eigenvalue weighted by molar-refractivity contribution is 0.280. The van der Waals surface area contributed by atoms with Crippen molar-refractivity contribution in [2.75, 3.05) is 7.11 Å². The molecule has 0 heterocycles. The van der Waals surface area contributed by atoms with Crippen molar-refractivity contribution >= 4 is 0 Å². The van der Waals surface area contributed by atoms with Gasteiger partial charge in [0.2, 0.25) is 0 Å². The van der Waals surface area contributed by atoms with E-state index in [2.05, 4.69) is 6.07 Å². The summed E-state index contributed by atoms with van der Waals surface area (Å²) in [7, 11) is 1.53. The number of hydrogen-bond acceptors (Lipinski definition) is 4. The molecule has 4 nitrogen and oxygen atoms in total. The maximum absolute atomic E-state index is 9.12. The van der Waals surface area contributed by atoms with Crippen LogP contribution in [0.1, 0.15) is 16.7 Å². The molecule has 0 saturated carbocycles. The monoisotopic (exact) mass is 269 g/mol. The van der Waals surface area contributed by atoms with Gasteiger partial charge in [0.25, 0.3) is 0 Å². The number of hydrogen-bond donors (Lipinski definition) is 1. The minimum atomic E-state index is -0.0649. The molecule has 0 amide bonds. The van der Waals surface area contributed by atoms with Gasteiger partial charge in [0.15, 0.2) is 11.5 Å². The van der Waals surface area contributed by atoms with Crippen molar-refractivity contribution in [3.05, 3.63) is 53.1 Å². The molecule has 2 aromatic carbocycles. The lowest BCUT2D eigenvalue weighted by Crippen LogP contribution is -1.94. The molecular formula is C16H15NO3. The first-order valence-corrected chi connectivity index (χ1v) is 6.14. The standard InChI is InChI=1S/C16H15NO3/c1-11-3-5-13(9-17)15(7-11)20-14-6-4-12(10-18)8-16(14)19-2/h3-8,18H,10H2,1-2H3. The Morgan fingerprint density at radius 1 is 1.10 bits per heavy atom. The van der Waals surface area contributed by atoms with Crippen LogP contribution in [0.3, 0.4) is 0 Å². The number of nitrogens with zero attached hydrogens (tertiary/aromatic N) is 1. The van der Waals surface area contributed by atoms with Gasteiger partial charge in [0, 0.05) is 0 Å². The van der Waals surface area contributed by atoms with Gasteiger partial charge < -0.3 is 14.6 Å². The predicted molar refractivity (Wildman–Crippen MR) is 74.9 cm³/mol. The lowest BCUT2D eigenvalue weighted by Gasteiger charge is -2.12. The van der Waals surface area contributed by atoms with Crippen molar-refractivity contribution in [2.24, 2.45) is 0 Å². The number of aryl methyl sites for hydroxylation is 1. The third-order valence-electron chi connectivity index (χ3n) is 2.89. The van der Waals surface area contributed by atoms with Gasteiger partial charge in [-0.1, -0.05) is 12.1 Å². The zero-order valence-electron chi connectivity index (χ0n) is 11.4. The summed E-state index contributed by atoms with van der Waals surface area (Å²) in [5, 5.41) is 18.2. The van der Waals surface area contributed by atoms with Crippen LogP contribution in [0.25, 0.3) is 0 Å². The molecule has 0 radical (unpaired) electrons. The smallest absolute Gasteiger partial charge is 0.169 e. The van der Waals surface area contributed by atoms with Crippen LogP contribution in [0.5, 0.6) is 17.2 Å². The number of rotatable bonds is 4. The van der Waals surface area contributed by atoms with Gasteiger partial charge >= 0.3 is 0 Å². The highest BCUT2D eigenvalue weighted by Gasteiger charge is 2.10. The predicted octanol–water partition coefficient (Wildman–Crippen LogP) is 3.16. The highest BCUT2D eigenvalue weighted by molar-refractivity contribution is 5.50. The van der Waals surface area contributed by atoms with Crippen LogP contribution in [0, 0.1) is 18.3 Å². The summed E-state index contributed by atoms with van der Waals surface area (Å²) in [6, 6.07) is 12.7. The average molecular weight is 269 g/mol. The molecule has 0 spiro atoms. The maximum Gasteiger partial charge on any atom is 0.169 e. The van der Waals surface area contributed by atoms with Gasteiger partial charge in [-0.05, 0) is 42.3 Å². The molecule has 102 valence electrons. The van der Waals surface area contributed by atoms with Crippen molar-refractivity contribution in [1.29, 1.82) is 5.26 Å². The molecule has 0 bridgehead atoms. The number of benzene rings is 2. The Kier molecular flexibility index (Phi) is 4.24. The second kappa shape index (κ2) is 6.09. The minimum absolute atomic E-state index is 0.0649. The zero-order chi connectivity index (χ0) is 14.5. The van der Waals surface area contributed by atoms with Crippen molar-refractivity contribution in [1.82, 2.24) is 0 Å². The number of methoxy groups -OCH3 is 1. The van der Waals surface area contributed by atoms with Crippen LogP contribution in [0.4, 0.5) is 0 Å². The number of aliphatic hydroxyl groups is 1. The quantitative estimate of drug-likeness (QED) is 0.926. The second-order valence-electron chi connectivity index (χ2n) is 4.36. The number of aliphatic hydroxyl groups excluding tert-OH is 1. The molecule has 0 aliphatic rings. The van der Waals surface area contributed by atoms with E-state index >= 15 is 0 Å². The van der Waals surface area contributed by atoms with Gasteiger partial charge in [-0.15, -0.1) is 0 Å². The molecule has 0 unspecified atom stereocenters. The third kappa shape index (κ3) is 2.90. The number of nitriles is 1. The Morgan fingerprint density at radius 3 is 2.55 bits per heavy atom. The lowest BCUT2D eigenvalue weighted by atomic mass is 10.1. The van der Waals surface area contributed by atoms with Gasteiger partial charge in [-0.25, -0.2) is 0 Å². The summed E-state index contributed by atoms with van der Waals surface area (Å²) < 4.78 is 11.0. The van der Waals surface area contributed by atoms with Gasteiger partial charge in [0.1, 0.15) is 11.8 Å². The Hall–Kier alpha value is -2.51. The molecule has 0 aliphatic heterocycles. The van der Waals surface area contributed by atoms with Gasteiger partial charge in [-0.2, -0.15) is 5.26 Å². The minimum Gasteiger partial charge on any atom is -0.493 e. The largest absolute Gasteiger partial charge is 0.493 e. The molecule has 2 aromatic rings. The summed E-state index contributed by atoms with van der Waals surface area (Å²) in [6.07, 6.45) is 0. The molecular weight excluding hydrogens is 254 g/mol. The van der Waals surface area contributed by atoms with Crippen molar-refractivity contribution in [2.45, 2.75) is 13.5 Å². The van der Waals surface area contributed by atoms with E-state index in [0.29, 0.717) is 22.8 Å². The summed E-state index contributed by atoms with van der Waals surface area (Å²) in [4.78, 5) is 0. The topological polar surface area (TPSA) is 62.5 Å². The first kappa shape index (κ1) is 13.9. The molecule has 0 atom stereocenters. The van der Waals surface area contributed by atoms with E-state index < -0.39 is 0 Å². The van der Waals surface area contributed by atoms with Crippen molar-refractivity contribution in [3.63, 3.8) is 0 Å². The van der Waals surface area contributed by atoms with Crippen LogP contribution >= 0.6 is 0 Å². The Labute approximate surface area is 117 Å². The van der Waals surface area contributed by atoms with E-state index in [1.54, 1.807) is 30.3 Å². The maximum atomic E-state index is 9.12. The normalized spacial score (nSPS) is 9.90. The summed E-state index contributed by atoms with van der Waals surface area (Å²) >= 11 is 0. The van der Waals surface area contributed by atoms with E-state index in [0.717, 1.165) is 11.1 Å². The molecule has 0 saturated heterocycles. The molecule has 20 heavy (non-hydrogen) atoms. The van der Waals surface area contributed by atoms with Crippen LogP contribution in [-0.4, -0.2) is 12.2 Å². The van der Waals surface area contributed by atoms with Crippen LogP contribution in [0.2, 0.25) is 0 Å². The van der Waals surface area contributed by atoms with Gasteiger partial charge in [-0.3, -0.25) is 0 Å². The molecule has 2 rings (SSSR count). The fourth-order valence-corrected chi connectivity index (χ4v) is 1.82. The Balaban J connectivity index is 2.40. The Morgan fingerprint density at radius 2 is 1.90 bits per heavy atom. The molecule has 0 aliphatic carbocycles.